The maximum Gasteiger partial charge on any atom is 0.325 e. The largest absolute Gasteiger partial charge is 0.468 e. The van der Waals surface area contributed by atoms with E-state index in [9.17, 15) is 4.79 Å². The van der Waals surface area contributed by atoms with Gasteiger partial charge in [0.25, 0.3) is 5.22 Å². The fraction of sp³-hybridized carbons (Fsp3) is 0.750. The summed E-state index contributed by atoms with van der Waals surface area (Å²) in [4.78, 5) is 11.8. The molecule has 1 heterocycles. The van der Waals surface area contributed by atoms with Crippen molar-refractivity contribution in [3.8, 4) is 0 Å². The van der Waals surface area contributed by atoms with E-state index in [1.165, 1.54) is 18.9 Å². The molecule has 0 fully saturated rings. The number of methoxy groups -OCH3 is 1. The van der Waals surface area contributed by atoms with Crippen molar-refractivity contribution in [3.63, 3.8) is 0 Å². The highest BCUT2D eigenvalue weighted by Crippen LogP contribution is 2.21. The SMILES string of the molecule is CCCNC(C)(CCSc1nnc(C)o1)C(=O)OC. The molecule has 7 heteroatoms. The predicted molar refractivity (Wildman–Crippen MR) is 73.1 cm³/mol. The third-order valence-corrected chi connectivity index (χ3v) is 3.56. The number of nitrogens with one attached hydrogen (secondary N) is 1. The van der Waals surface area contributed by atoms with Gasteiger partial charge >= 0.3 is 5.97 Å². The molecule has 0 saturated carbocycles. The van der Waals surface area contributed by atoms with Gasteiger partial charge < -0.3 is 14.5 Å². The first-order valence-corrected chi connectivity index (χ1v) is 7.26. The standard InChI is InChI=1S/C12H21N3O3S/c1-5-7-13-12(3,10(16)17-4)6-8-19-11-15-14-9(2)18-11/h13H,5-8H2,1-4H3. The molecular formula is C12H21N3O3S. The Kier molecular flexibility index (Phi) is 6.30. The van der Waals surface area contributed by atoms with Crippen LogP contribution in [0.25, 0.3) is 0 Å². The van der Waals surface area contributed by atoms with Gasteiger partial charge in [-0.1, -0.05) is 18.7 Å². The Balaban J connectivity index is 2.50. The van der Waals surface area contributed by atoms with Crippen LogP contribution in [0, 0.1) is 6.92 Å². The summed E-state index contributed by atoms with van der Waals surface area (Å²) in [5.41, 5.74) is -0.674. The van der Waals surface area contributed by atoms with Crippen LogP contribution in [0.5, 0.6) is 0 Å². The minimum atomic E-state index is -0.674. The average Bonchev–Trinajstić information content (AvgIpc) is 2.81. The number of hydrogen-bond acceptors (Lipinski definition) is 7. The Morgan fingerprint density at radius 2 is 2.26 bits per heavy atom. The lowest BCUT2D eigenvalue weighted by Crippen LogP contribution is -2.50. The summed E-state index contributed by atoms with van der Waals surface area (Å²) >= 11 is 1.44. The molecule has 1 rings (SSSR count). The van der Waals surface area contributed by atoms with Crippen LogP contribution in [0.4, 0.5) is 0 Å². The van der Waals surface area contributed by atoms with E-state index in [-0.39, 0.29) is 5.97 Å². The molecule has 0 aliphatic carbocycles. The van der Waals surface area contributed by atoms with Crippen LogP contribution >= 0.6 is 11.8 Å². The molecule has 1 N–H and O–H groups in total. The maximum absolute atomic E-state index is 11.8. The number of carbonyl (C=O) groups is 1. The molecule has 0 aliphatic heterocycles. The maximum atomic E-state index is 11.8. The Labute approximate surface area is 117 Å². The monoisotopic (exact) mass is 287 g/mol. The quantitative estimate of drug-likeness (QED) is 0.577. The molecule has 1 aromatic heterocycles. The van der Waals surface area contributed by atoms with E-state index in [1.807, 2.05) is 6.92 Å². The molecule has 6 nitrogen and oxygen atoms in total. The van der Waals surface area contributed by atoms with Crippen LogP contribution in [-0.2, 0) is 9.53 Å². The molecule has 108 valence electrons. The number of hydrogen-bond donors (Lipinski definition) is 1. The number of ether oxygens (including phenoxy) is 1. The van der Waals surface area contributed by atoms with Crippen LogP contribution in [0.3, 0.4) is 0 Å². The van der Waals surface area contributed by atoms with Gasteiger partial charge in [0.05, 0.1) is 7.11 Å². The molecule has 0 bridgehead atoms. The second-order valence-electron chi connectivity index (χ2n) is 4.44. The lowest BCUT2D eigenvalue weighted by Gasteiger charge is -2.27. The number of carbonyl (C=O) groups excluding carboxylic acids is 1. The van der Waals surface area contributed by atoms with Gasteiger partial charge in [-0.2, -0.15) is 0 Å². The number of thioether (sulfide) groups is 1. The van der Waals surface area contributed by atoms with Gasteiger partial charge in [0, 0.05) is 12.7 Å². The summed E-state index contributed by atoms with van der Waals surface area (Å²) in [5.74, 6) is 0.995. The second-order valence-corrected chi connectivity index (χ2v) is 5.48. The van der Waals surface area contributed by atoms with Gasteiger partial charge in [-0.25, -0.2) is 0 Å². The van der Waals surface area contributed by atoms with Gasteiger partial charge in [0.15, 0.2) is 0 Å². The topological polar surface area (TPSA) is 77.3 Å². The summed E-state index contributed by atoms with van der Waals surface area (Å²) in [6, 6.07) is 0. The highest BCUT2D eigenvalue weighted by atomic mass is 32.2. The van der Waals surface area contributed by atoms with E-state index < -0.39 is 5.54 Å². The van der Waals surface area contributed by atoms with E-state index in [0.717, 1.165) is 13.0 Å². The van der Waals surface area contributed by atoms with Crippen LogP contribution in [0.1, 0.15) is 32.6 Å². The van der Waals surface area contributed by atoms with Crippen LogP contribution < -0.4 is 5.32 Å². The van der Waals surface area contributed by atoms with Crippen molar-refractivity contribution in [1.29, 1.82) is 0 Å². The third kappa shape index (κ3) is 4.83. The van der Waals surface area contributed by atoms with Crippen molar-refractivity contribution in [1.82, 2.24) is 15.5 Å². The number of rotatable bonds is 8. The summed E-state index contributed by atoms with van der Waals surface area (Å²) < 4.78 is 10.1. The molecule has 0 saturated heterocycles. The molecule has 0 aliphatic rings. The molecule has 0 amide bonds. The zero-order chi connectivity index (χ0) is 14.3. The summed E-state index contributed by atoms with van der Waals surface area (Å²) in [6.07, 6.45) is 1.59. The number of nitrogens with zero attached hydrogens (tertiary/aromatic N) is 2. The minimum absolute atomic E-state index is 0.247. The molecule has 0 aromatic carbocycles. The second kappa shape index (κ2) is 7.49. The number of aryl methyl sites for hydroxylation is 1. The number of aromatic nitrogens is 2. The summed E-state index contributed by atoms with van der Waals surface area (Å²) in [6.45, 7) is 6.43. The van der Waals surface area contributed by atoms with E-state index in [4.69, 9.17) is 9.15 Å². The molecule has 19 heavy (non-hydrogen) atoms. The molecule has 1 aromatic rings. The van der Waals surface area contributed by atoms with Crippen molar-refractivity contribution in [2.75, 3.05) is 19.4 Å². The zero-order valence-corrected chi connectivity index (χ0v) is 12.7. The lowest BCUT2D eigenvalue weighted by atomic mass is 9.99. The van der Waals surface area contributed by atoms with Crippen LogP contribution in [0.2, 0.25) is 0 Å². The first kappa shape index (κ1) is 16.0. The average molecular weight is 287 g/mol. The Bertz CT molecular complexity index is 411. The predicted octanol–water partition coefficient (Wildman–Crippen LogP) is 1.79. The highest BCUT2D eigenvalue weighted by Gasteiger charge is 2.33. The number of esters is 1. The molecule has 1 unspecified atom stereocenters. The third-order valence-electron chi connectivity index (χ3n) is 2.74. The zero-order valence-electron chi connectivity index (χ0n) is 11.9. The van der Waals surface area contributed by atoms with E-state index in [1.54, 1.807) is 6.92 Å². The Morgan fingerprint density at radius 1 is 1.53 bits per heavy atom. The molecule has 1 atom stereocenters. The smallest absolute Gasteiger partial charge is 0.325 e. The van der Waals surface area contributed by atoms with Gasteiger partial charge in [-0.15, -0.1) is 10.2 Å². The van der Waals surface area contributed by atoms with Crippen LogP contribution in [-0.4, -0.2) is 41.1 Å². The minimum Gasteiger partial charge on any atom is -0.468 e. The normalized spacial score (nSPS) is 14.1. The summed E-state index contributed by atoms with van der Waals surface area (Å²) in [7, 11) is 1.41. The Hall–Kier alpha value is -1.08. The molecule has 0 radical (unpaired) electrons. The highest BCUT2D eigenvalue weighted by molar-refractivity contribution is 7.99. The van der Waals surface area contributed by atoms with Crippen molar-refractivity contribution >= 4 is 17.7 Å². The lowest BCUT2D eigenvalue weighted by molar-refractivity contribution is -0.148. The summed E-state index contributed by atoms with van der Waals surface area (Å²) in [5, 5.41) is 11.4. The molecule has 0 spiro atoms. The van der Waals surface area contributed by atoms with E-state index in [0.29, 0.717) is 23.3 Å². The first-order chi connectivity index (χ1) is 9.01. The van der Waals surface area contributed by atoms with Crippen molar-refractivity contribution in [3.05, 3.63) is 5.89 Å². The first-order valence-electron chi connectivity index (χ1n) is 6.28. The fourth-order valence-corrected chi connectivity index (χ4v) is 2.53. The Morgan fingerprint density at radius 3 is 2.79 bits per heavy atom. The van der Waals surface area contributed by atoms with Gasteiger partial charge in [0.1, 0.15) is 5.54 Å². The van der Waals surface area contributed by atoms with E-state index >= 15 is 0 Å². The van der Waals surface area contributed by atoms with E-state index in [2.05, 4.69) is 22.4 Å². The van der Waals surface area contributed by atoms with Crippen LogP contribution in [0.15, 0.2) is 9.64 Å². The van der Waals surface area contributed by atoms with Crippen molar-refractivity contribution in [2.45, 2.75) is 44.4 Å². The van der Waals surface area contributed by atoms with Crippen molar-refractivity contribution in [2.24, 2.45) is 0 Å². The van der Waals surface area contributed by atoms with Gasteiger partial charge in [0.2, 0.25) is 5.89 Å². The van der Waals surface area contributed by atoms with Crippen molar-refractivity contribution < 1.29 is 13.9 Å². The van der Waals surface area contributed by atoms with Gasteiger partial charge in [-0.3, -0.25) is 4.79 Å². The fourth-order valence-electron chi connectivity index (χ4n) is 1.57. The molecular weight excluding hydrogens is 266 g/mol. The van der Waals surface area contributed by atoms with Gasteiger partial charge in [-0.05, 0) is 26.3 Å².